The highest BCUT2D eigenvalue weighted by molar-refractivity contribution is 6.32. The van der Waals surface area contributed by atoms with Crippen molar-refractivity contribution in [2.24, 2.45) is 0 Å². The number of nitrogens with one attached hydrogen (secondary N) is 1. The highest BCUT2D eigenvalue weighted by atomic mass is 35.5. The van der Waals surface area contributed by atoms with Crippen molar-refractivity contribution in [2.45, 2.75) is 18.8 Å². The lowest BCUT2D eigenvalue weighted by Gasteiger charge is -2.24. The van der Waals surface area contributed by atoms with Crippen LogP contribution in [-0.4, -0.2) is 29.8 Å². The highest BCUT2D eigenvalue weighted by Gasteiger charge is 2.33. The van der Waals surface area contributed by atoms with Crippen LogP contribution in [0.3, 0.4) is 0 Å². The zero-order chi connectivity index (χ0) is 14.2. The van der Waals surface area contributed by atoms with Crippen LogP contribution in [0, 0.1) is 0 Å². The maximum absolute atomic E-state index is 6.09. The Morgan fingerprint density at radius 3 is 3.00 bits per heavy atom. The lowest BCUT2D eigenvalue weighted by Crippen LogP contribution is -2.27. The summed E-state index contributed by atoms with van der Waals surface area (Å²) in [6.07, 6.45) is 4.92. The minimum Gasteiger partial charge on any atom is -0.495 e. The van der Waals surface area contributed by atoms with Crippen LogP contribution in [0.2, 0.25) is 5.02 Å². The van der Waals surface area contributed by atoms with E-state index in [1.165, 1.54) is 5.69 Å². The molecule has 4 nitrogen and oxygen atoms in total. The number of aromatic nitrogens is 2. The standard InChI is InChI=1S/C15H18ClN3O/c1-15(5-6-17-9-15)14-8-18-10-19(14)11-3-4-12(16)13(7-11)20-2/h3-4,7-8,10,17H,5-6,9H2,1-2H3. The fraction of sp³-hybridized carbons (Fsp3) is 0.400. The first kappa shape index (κ1) is 13.5. The van der Waals surface area contributed by atoms with E-state index in [1.54, 1.807) is 7.11 Å². The minimum absolute atomic E-state index is 0.114. The molecule has 0 spiro atoms. The third-order valence-electron chi connectivity index (χ3n) is 4.04. The van der Waals surface area contributed by atoms with E-state index in [-0.39, 0.29) is 5.41 Å². The predicted molar refractivity (Wildman–Crippen MR) is 80.0 cm³/mol. The van der Waals surface area contributed by atoms with Gasteiger partial charge in [0.1, 0.15) is 5.75 Å². The first-order valence-corrected chi connectivity index (χ1v) is 7.09. The molecule has 0 saturated carbocycles. The fourth-order valence-corrected chi connectivity index (χ4v) is 2.98. The van der Waals surface area contributed by atoms with Gasteiger partial charge in [0.2, 0.25) is 0 Å². The molecule has 2 heterocycles. The third-order valence-corrected chi connectivity index (χ3v) is 4.35. The average molecular weight is 292 g/mol. The summed E-state index contributed by atoms with van der Waals surface area (Å²) < 4.78 is 7.41. The molecule has 1 aromatic heterocycles. The summed E-state index contributed by atoms with van der Waals surface area (Å²) in [5.41, 5.74) is 2.35. The first-order valence-electron chi connectivity index (χ1n) is 6.71. The lowest BCUT2D eigenvalue weighted by atomic mass is 9.86. The van der Waals surface area contributed by atoms with Crippen molar-refractivity contribution in [1.82, 2.24) is 14.9 Å². The molecular formula is C15H18ClN3O. The topological polar surface area (TPSA) is 39.1 Å². The quantitative estimate of drug-likeness (QED) is 0.945. The van der Waals surface area contributed by atoms with Gasteiger partial charge in [0.25, 0.3) is 0 Å². The van der Waals surface area contributed by atoms with E-state index in [0.717, 1.165) is 25.2 Å². The summed E-state index contributed by atoms with van der Waals surface area (Å²) in [4.78, 5) is 4.33. The molecule has 0 radical (unpaired) electrons. The summed E-state index contributed by atoms with van der Waals surface area (Å²) in [6, 6.07) is 5.79. The van der Waals surface area contributed by atoms with Gasteiger partial charge in [0.05, 0.1) is 24.1 Å². The van der Waals surface area contributed by atoms with Crippen LogP contribution in [0.25, 0.3) is 5.69 Å². The van der Waals surface area contributed by atoms with E-state index in [2.05, 4.69) is 21.8 Å². The van der Waals surface area contributed by atoms with E-state index >= 15 is 0 Å². The molecular weight excluding hydrogens is 274 g/mol. The van der Waals surface area contributed by atoms with Gasteiger partial charge in [-0.2, -0.15) is 0 Å². The third kappa shape index (κ3) is 2.19. The van der Waals surface area contributed by atoms with Crippen LogP contribution in [0.4, 0.5) is 0 Å². The van der Waals surface area contributed by atoms with Gasteiger partial charge in [0, 0.05) is 29.9 Å². The number of methoxy groups -OCH3 is 1. The molecule has 1 atom stereocenters. The van der Waals surface area contributed by atoms with Crippen molar-refractivity contribution in [3.63, 3.8) is 0 Å². The molecule has 1 aliphatic rings. The summed E-state index contributed by atoms with van der Waals surface area (Å²) in [6.45, 7) is 4.29. The second kappa shape index (κ2) is 5.11. The molecule has 1 unspecified atom stereocenters. The Morgan fingerprint density at radius 1 is 1.45 bits per heavy atom. The van der Waals surface area contributed by atoms with Crippen molar-refractivity contribution in [2.75, 3.05) is 20.2 Å². The maximum atomic E-state index is 6.09. The number of halogens is 1. The van der Waals surface area contributed by atoms with Gasteiger partial charge in [-0.3, -0.25) is 0 Å². The van der Waals surface area contributed by atoms with Crippen molar-refractivity contribution in [3.8, 4) is 11.4 Å². The monoisotopic (exact) mass is 291 g/mol. The molecule has 1 N–H and O–H groups in total. The molecule has 1 saturated heterocycles. The van der Waals surface area contributed by atoms with Crippen molar-refractivity contribution >= 4 is 11.6 Å². The van der Waals surface area contributed by atoms with Crippen LogP contribution in [0.15, 0.2) is 30.7 Å². The first-order chi connectivity index (χ1) is 9.64. The van der Waals surface area contributed by atoms with Crippen molar-refractivity contribution in [3.05, 3.63) is 41.4 Å². The number of imidazole rings is 1. The maximum Gasteiger partial charge on any atom is 0.139 e. The smallest absolute Gasteiger partial charge is 0.139 e. The Hall–Kier alpha value is -1.52. The molecule has 0 bridgehead atoms. The largest absolute Gasteiger partial charge is 0.495 e. The van der Waals surface area contributed by atoms with E-state index < -0.39 is 0 Å². The second-order valence-corrected chi connectivity index (χ2v) is 5.86. The molecule has 5 heteroatoms. The summed E-state index contributed by atoms with van der Waals surface area (Å²) >= 11 is 6.09. The Balaban J connectivity index is 2.05. The van der Waals surface area contributed by atoms with Crippen LogP contribution < -0.4 is 10.1 Å². The van der Waals surface area contributed by atoms with Crippen LogP contribution in [0.5, 0.6) is 5.75 Å². The number of nitrogens with zero attached hydrogens (tertiary/aromatic N) is 2. The van der Waals surface area contributed by atoms with Gasteiger partial charge in [-0.05, 0) is 25.1 Å². The van der Waals surface area contributed by atoms with Gasteiger partial charge in [-0.15, -0.1) is 0 Å². The lowest BCUT2D eigenvalue weighted by molar-refractivity contribution is 0.414. The molecule has 106 valence electrons. The zero-order valence-electron chi connectivity index (χ0n) is 11.7. The van der Waals surface area contributed by atoms with E-state index in [0.29, 0.717) is 10.8 Å². The van der Waals surface area contributed by atoms with Gasteiger partial charge >= 0.3 is 0 Å². The molecule has 1 aliphatic heterocycles. The summed E-state index contributed by atoms with van der Waals surface area (Å²) in [5.74, 6) is 0.679. The van der Waals surface area contributed by atoms with Crippen molar-refractivity contribution in [1.29, 1.82) is 0 Å². The van der Waals surface area contributed by atoms with E-state index in [4.69, 9.17) is 16.3 Å². The van der Waals surface area contributed by atoms with Crippen molar-refractivity contribution < 1.29 is 4.74 Å². The van der Waals surface area contributed by atoms with Gasteiger partial charge < -0.3 is 14.6 Å². The Labute approximate surface area is 123 Å². The Bertz CT molecular complexity index is 617. The molecule has 1 fully saturated rings. The number of rotatable bonds is 3. The average Bonchev–Trinajstić information content (AvgIpc) is 3.09. The number of ether oxygens (including phenoxy) is 1. The SMILES string of the molecule is COc1cc(-n2cncc2C2(C)CCNC2)ccc1Cl. The fourth-order valence-electron chi connectivity index (χ4n) is 2.78. The normalized spacial score (nSPS) is 22.1. The molecule has 2 aromatic rings. The molecule has 20 heavy (non-hydrogen) atoms. The van der Waals surface area contributed by atoms with Crippen LogP contribution in [0.1, 0.15) is 19.0 Å². The zero-order valence-corrected chi connectivity index (χ0v) is 12.4. The number of hydrogen-bond donors (Lipinski definition) is 1. The van der Waals surface area contributed by atoms with E-state index in [9.17, 15) is 0 Å². The van der Waals surface area contributed by atoms with Crippen LogP contribution in [-0.2, 0) is 5.41 Å². The Morgan fingerprint density at radius 2 is 2.30 bits per heavy atom. The Kier molecular flexibility index (Phi) is 3.44. The molecule has 1 aromatic carbocycles. The summed E-state index contributed by atoms with van der Waals surface area (Å²) in [7, 11) is 1.63. The van der Waals surface area contributed by atoms with E-state index in [1.807, 2.05) is 30.7 Å². The van der Waals surface area contributed by atoms with Gasteiger partial charge in [-0.25, -0.2) is 4.98 Å². The van der Waals surface area contributed by atoms with Crippen LogP contribution >= 0.6 is 11.6 Å². The highest BCUT2D eigenvalue weighted by Crippen LogP contribution is 2.33. The predicted octanol–water partition coefficient (Wildman–Crippen LogP) is 2.79. The number of hydrogen-bond acceptors (Lipinski definition) is 3. The van der Waals surface area contributed by atoms with Gasteiger partial charge in [0.15, 0.2) is 0 Å². The second-order valence-electron chi connectivity index (χ2n) is 5.46. The summed E-state index contributed by atoms with van der Waals surface area (Å²) in [5, 5.41) is 4.04. The molecule has 0 amide bonds. The van der Waals surface area contributed by atoms with Gasteiger partial charge in [-0.1, -0.05) is 18.5 Å². The molecule has 0 aliphatic carbocycles. The minimum atomic E-state index is 0.114. The number of benzene rings is 1. The molecule has 3 rings (SSSR count).